The van der Waals surface area contributed by atoms with E-state index >= 15 is 0 Å². The summed E-state index contributed by atoms with van der Waals surface area (Å²) in [6, 6.07) is 66.9. The molecule has 0 aliphatic heterocycles. The number of hydrogen-bond donors (Lipinski definition) is 0. The largest absolute Gasteiger partial charge is 0.452 e. The number of hydrogen-bond acceptors (Lipinski definition) is 7. The molecule has 7 nitrogen and oxygen atoms in total. The molecule has 0 fully saturated rings. The molecule has 0 aliphatic carbocycles. The van der Waals surface area contributed by atoms with Gasteiger partial charge < -0.3 is 8.98 Å². The van der Waals surface area contributed by atoms with Crippen LogP contribution in [-0.2, 0) is 0 Å². The van der Waals surface area contributed by atoms with E-state index in [2.05, 4.69) is 132 Å². The maximum atomic E-state index is 6.40. The SMILES string of the molecule is c1ccc(-c2nc(-c3ccc(-n4c5ccccc5c5ccccc54)cc3)nc(-c3ccc4c(c3)sc3c(-c5nc(-c6ccccc6)c6oc7ccccc7c6n5)cccc34)n2)cc1. The van der Waals surface area contributed by atoms with Gasteiger partial charge in [-0.05, 0) is 60.7 Å². The molecule has 0 saturated heterocycles. The minimum atomic E-state index is 0.609. The van der Waals surface area contributed by atoms with Crippen LogP contribution < -0.4 is 0 Å². The summed E-state index contributed by atoms with van der Waals surface area (Å²) in [6.07, 6.45) is 0. The molecular weight excluding hydrogens is 793 g/mol. The molecule has 8 aromatic carbocycles. The molecule has 8 heteroatoms. The molecule has 0 aliphatic rings. The summed E-state index contributed by atoms with van der Waals surface area (Å²) in [4.78, 5) is 25.7. The van der Waals surface area contributed by atoms with Crippen molar-refractivity contribution < 1.29 is 4.42 Å². The summed E-state index contributed by atoms with van der Waals surface area (Å²) in [6.45, 7) is 0. The zero-order valence-corrected chi connectivity index (χ0v) is 34.3. The molecule has 0 amide bonds. The first-order valence-electron chi connectivity index (χ1n) is 20.8. The van der Waals surface area contributed by atoms with E-state index < -0.39 is 0 Å². The zero-order chi connectivity index (χ0) is 41.4. The summed E-state index contributed by atoms with van der Waals surface area (Å²) in [7, 11) is 0. The van der Waals surface area contributed by atoms with Gasteiger partial charge in [0.15, 0.2) is 28.9 Å². The topological polar surface area (TPSA) is 82.5 Å². The molecule has 0 N–H and O–H groups in total. The molecule has 294 valence electrons. The lowest BCUT2D eigenvalue weighted by Crippen LogP contribution is -2.00. The lowest BCUT2D eigenvalue weighted by atomic mass is 10.1. The van der Waals surface area contributed by atoms with Gasteiger partial charge in [0.2, 0.25) is 0 Å². The van der Waals surface area contributed by atoms with Gasteiger partial charge in [-0.3, -0.25) is 0 Å². The van der Waals surface area contributed by atoms with Gasteiger partial charge in [0.05, 0.1) is 11.0 Å². The van der Waals surface area contributed by atoms with Crippen LogP contribution >= 0.6 is 11.3 Å². The number of rotatable bonds is 6. The average molecular weight is 825 g/mol. The average Bonchev–Trinajstić information content (AvgIpc) is 4.04. The second-order valence-electron chi connectivity index (χ2n) is 15.6. The number of para-hydroxylation sites is 3. The third-order valence-electron chi connectivity index (χ3n) is 11.9. The number of benzene rings is 8. The van der Waals surface area contributed by atoms with E-state index in [0.717, 1.165) is 75.9 Å². The molecule has 13 rings (SSSR count). The van der Waals surface area contributed by atoms with E-state index in [1.54, 1.807) is 11.3 Å². The van der Waals surface area contributed by atoms with Gasteiger partial charge in [0, 0.05) is 69.8 Å². The van der Waals surface area contributed by atoms with Crippen molar-refractivity contribution in [2.24, 2.45) is 0 Å². The summed E-state index contributed by atoms with van der Waals surface area (Å²) in [5.74, 6) is 2.50. The van der Waals surface area contributed by atoms with Crippen LogP contribution in [0.1, 0.15) is 0 Å². The highest BCUT2D eigenvalue weighted by atomic mass is 32.1. The lowest BCUT2D eigenvalue weighted by molar-refractivity contribution is 0.667. The first-order valence-corrected chi connectivity index (χ1v) is 21.6. The Balaban J connectivity index is 0.936. The molecule has 0 radical (unpaired) electrons. The molecule has 0 bridgehead atoms. The van der Waals surface area contributed by atoms with E-state index in [9.17, 15) is 0 Å². The molecule has 0 unspecified atom stereocenters. The van der Waals surface area contributed by atoms with Crippen LogP contribution in [-0.4, -0.2) is 29.5 Å². The maximum absolute atomic E-state index is 6.40. The van der Waals surface area contributed by atoms with Crippen molar-refractivity contribution in [3.63, 3.8) is 0 Å². The molecule has 63 heavy (non-hydrogen) atoms. The van der Waals surface area contributed by atoms with E-state index in [4.69, 9.17) is 29.3 Å². The Hall–Kier alpha value is -8.33. The Morgan fingerprint density at radius 1 is 0.397 bits per heavy atom. The van der Waals surface area contributed by atoms with Crippen molar-refractivity contribution in [2.75, 3.05) is 0 Å². The fourth-order valence-corrected chi connectivity index (χ4v) is 10.2. The van der Waals surface area contributed by atoms with Crippen LogP contribution in [0.3, 0.4) is 0 Å². The predicted molar refractivity (Wildman–Crippen MR) is 257 cm³/mol. The van der Waals surface area contributed by atoms with E-state index in [1.165, 1.54) is 21.8 Å². The Morgan fingerprint density at radius 3 is 1.68 bits per heavy atom. The van der Waals surface area contributed by atoms with Crippen molar-refractivity contribution in [1.82, 2.24) is 29.5 Å². The minimum Gasteiger partial charge on any atom is -0.452 e. The van der Waals surface area contributed by atoms with E-state index in [0.29, 0.717) is 28.9 Å². The van der Waals surface area contributed by atoms with Gasteiger partial charge in [-0.1, -0.05) is 133 Å². The Kier molecular flexibility index (Phi) is 7.94. The van der Waals surface area contributed by atoms with E-state index in [-0.39, 0.29) is 0 Å². The van der Waals surface area contributed by atoms with E-state index in [1.807, 2.05) is 66.7 Å². The fraction of sp³-hybridized carbons (Fsp3) is 0. The van der Waals surface area contributed by atoms with Crippen LogP contribution in [0.4, 0.5) is 0 Å². The molecule has 13 aromatic rings. The highest BCUT2D eigenvalue weighted by molar-refractivity contribution is 7.26. The highest BCUT2D eigenvalue weighted by Gasteiger charge is 2.21. The van der Waals surface area contributed by atoms with Crippen molar-refractivity contribution in [3.05, 3.63) is 194 Å². The number of nitrogens with zero attached hydrogens (tertiary/aromatic N) is 6. The van der Waals surface area contributed by atoms with Gasteiger partial charge in [-0.25, -0.2) is 24.9 Å². The Bertz CT molecular complexity index is 3860. The monoisotopic (exact) mass is 824 g/mol. The molecule has 0 atom stereocenters. The third kappa shape index (κ3) is 5.76. The number of aromatic nitrogens is 6. The Labute approximate surface area is 364 Å². The predicted octanol–water partition coefficient (Wildman–Crippen LogP) is 14.4. The standard InChI is InChI=1S/C55H32N6OS/c1-3-14-33(15-4-1)48-50-49(42-20-9-12-25-46(42)62-50)57-55(56-48)43-22-13-21-41-40-31-28-36(32-47(40)63-51(41)43)54-59-52(34-16-5-2-6-17-34)58-53(60-54)35-26-29-37(30-27-35)61-44-23-10-7-18-38(44)39-19-8-11-24-45(39)61/h1-32H. The number of thiophene rings is 1. The Morgan fingerprint density at radius 2 is 0.968 bits per heavy atom. The van der Waals surface area contributed by atoms with Crippen LogP contribution in [0.25, 0.3) is 127 Å². The van der Waals surface area contributed by atoms with Gasteiger partial charge in [0.25, 0.3) is 0 Å². The lowest BCUT2D eigenvalue weighted by Gasteiger charge is -2.11. The summed E-state index contributed by atoms with van der Waals surface area (Å²) in [5.41, 5.74) is 11.1. The van der Waals surface area contributed by atoms with Crippen LogP contribution in [0.5, 0.6) is 0 Å². The molecule has 5 aromatic heterocycles. The van der Waals surface area contributed by atoms with Gasteiger partial charge in [0.1, 0.15) is 16.8 Å². The zero-order valence-electron chi connectivity index (χ0n) is 33.5. The highest BCUT2D eigenvalue weighted by Crippen LogP contribution is 2.43. The summed E-state index contributed by atoms with van der Waals surface area (Å²) in [5, 5.41) is 5.72. The number of fused-ring (bicyclic) bond motifs is 9. The second-order valence-corrected chi connectivity index (χ2v) is 16.7. The fourth-order valence-electron chi connectivity index (χ4n) is 8.93. The van der Waals surface area contributed by atoms with Gasteiger partial charge in [-0.2, -0.15) is 0 Å². The second kappa shape index (κ2) is 14.1. The van der Waals surface area contributed by atoms with Crippen molar-refractivity contribution in [1.29, 1.82) is 0 Å². The molecule has 5 heterocycles. The maximum Gasteiger partial charge on any atom is 0.180 e. The van der Waals surface area contributed by atoms with Gasteiger partial charge in [-0.15, -0.1) is 11.3 Å². The quantitative estimate of drug-likeness (QED) is 0.166. The normalized spacial score (nSPS) is 11.8. The van der Waals surface area contributed by atoms with Crippen molar-refractivity contribution in [3.8, 4) is 62.5 Å². The number of furan rings is 1. The smallest absolute Gasteiger partial charge is 0.180 e. The van der Waals surface area contributed by atoms with Crippen molar-refractivity contribution in [2.45, 2.75) is 0 Å². The summed E-state index contributed by atoms with van der Waals surface area (Å²) < 4.78 is 11.0. The van der Waals surface area contributed by atoms with Crippen LogP contribution in [0.15, 0.2) is 199 Å². The molecular formula is C55H32N6OS. The van der Waals surface area contributed by atoms with Gasteiger partial charge >= 0.3 is 0 Å². The molecule has 0 spiro atoms. The summed E-state index contributed by atoms with van der Waals surface area (Å²) >= 11 is 1.73. The molecule has 0 saturated carbocycles. The van der Waals surface area contributed by atoms with Crippen LogP contribution in [0, 0.1) is 0 Å². The first kappa shape index (κ1) is 35.4. The van der Waals surface area contributed by atoms with Crippen molar-refractivity contribution >= 4 is 75.4 Å². The minimum absolute atomic E-state index is 0.609. The first-order chi connectivity index (χ1) is 31.2. The van der Waals surface area contributed by atoms with Crippen LogP contribution in [0.2, 0.25) is 0 Å². The third-order valence-corrected chi connectivity index (χ3v) is 13.1.